The zero-order valence-corrected chi connectivity index (χ0v) is 12.1. The van der Waals surface area contributed by atoms with Crippen LogP contribution in [0.15, 0.2) is 48.5 Å². The number of carbonyl (C=O) groups excluding carboxylic acids is 1. The maximum Gasteiger partial charge on any atom is 0.255 e. The number of hydrogen-bond donors (Lipinski definition) is 2. The van der Waals surface area contributed by atoms with Gasteiger partial charge in [0, 0.05) is 12.6 Å². The number of aromatic hydroxyl groups is 1. The quantitative estimate of drug-likeness (QED) is 0.840. The van der Waals surface area contributed by atoms with E-state index in [1.54, 1.807) is 0 Å². The number of amides is 1. The van der Waals surface area contributed by atoms with E-state index in [4.69, 9.17) is 0 Å². The summed E-state index contributed by atoms with van der Waals surface area (Å²) in [5.41, 5.74) is 1.09. The van der Waals surface area contributed by atoms with Gasteiger partial charge in [0.15, 0.2) is 0 Å². The zero-order valence-electron chi connectivity index (χ0n) is 10.5. The van der Waals surface area contributed by atoms with Crippen molar-refractivity contribution in [2.45, 2.75) is 4.83 Å². The van der Waals surface area contributed by atoms with Crippen molar-refractivity contribution in [1.82, 2.24) is 5.32 Å². The number of phenols is 1. The second-order valence-corrected chi connectivity index (χ2v) is 5.36. The summed E-state index contributed by atoms with van der Waals surface area (Å²) < 4.78 is 12.8. The van der Waals surface area contributed by atoms with E-state index < -0.39 is 11.7 Å². The Kier molecular flexibility index (Phi) is 4.74. The number of benzene rings is 2. The SMILES string of the molecule is O=C(NCC(Br)c1ccccc1)c1ccc(F)cc1O. The van der Waals surface area contributed by atoms with Gasteiger partial charge in [-0.25, -0.2) is 4.39 Å². The molecule has 2 aromatic carbocycles. The van der Waals surface area contributed by atoms with Crippen molar-refractivity contribution in [2.75, 3.05) is 6.54 Å². The Balaban J connectivity index is 1.99. The van der Waals surface area contributed by atoms with Gasteiger partial charge in [-0.1, -0.05) is 46.3 Å². The predicted molar refractivity (Wildman–Crippen MR) is 78.5 cm³/mol. The van der Waals surface area contributed by atoms with Gasteiger partial charge in [0.05, 0.1) is 10.4 Å². The van der Waals surface area contributed by atoms with E-state index in [1.807, 2.05) is 30.3 Å². The van der Waals surface area contributed by atoms with Gasteiger partial charge in [0.2, 0.25) is 0 Å². The molecule has 20 heavy (non-hydrogen) atoms. The van der Waals surface area contributed by atoms with Crippen LogP contribution in [0.25, 0.3) is 0 Å². The molecule has 0 saturated carbocycles. The highest BCUT2D eigenvalue weighted by Crippen LogP contribution is 2.22. The molecule has 1 amide bonds. The molecule has 0 heterocycles. The number of nitrogens with one attached hydrogen (secondary N) is 1. The Labute approximate surface area is 124 Å². The van der Waals surface area contributed by atoms with E-state index in [-0.39, 0.29) is 16.1 Å². The summed E-state index contributed by atoms with van der Waals surface area (Å²) in [5, 5.41) is 12.2. The van der Waals surface area contributed by atoms with Crippen molar-refractivity contribution in [1.29, 1.82) is 0 Å². The number of hydrogen-bond acceptors (Lipinski definition) is 2. The van der Waals surface area contributed by atoms with Crippen LogP contribution in [-0.2, 0) is 0 Å². The van der Waals surface area contributed by atoms with E-state index in [1.165, 1.54) is 6.07 Å². The zero-order chi connectivity index (χ0) is 14.5. The highest BCUT2D eigenvalue weighted by Gasteiger charge is 2.14. The fourth-order valence-corrected chi connectivity index (χ4v) is 2.22. The average molecular weight is 338 g/mol. The van der Waals surface area contributed by atoms with E-state index in [0.29, 0.717) is 6.54 Å². The summed E-state index contributed by atoms with van der Waals surface area (Å²) >= 11 is 3.48. The lowest BCUT2D eigenvalue weighted by molar-refractivity contribution is 0.0951. The smallest absolute Gasteiger partial charge is 0.255 e. The summed E-state index contributed by atoms with van der Waals surface area (Å²) in [6, 6.07) is 12.9. The van der Waals surface area contributed by atoms with Gasteiger partial charge in [-0.15, -0.1) is 0 Å². The molecule has 0 aromatic heterocycles. The Bertz CT molecular complexity index is 604. The molecule has 0 saturated heterocycles. The van der Waals surface area contributed by atoms with Crippen molar-refractivity contribution >= 4 is 21.8 Å². The largest absolute Gasteiger partial charge is 0.507 e. The molecule has 2 N–H and O–H groups in total. The third kappa shape index (κ3) is 3.57. The molecular weight excluding hydrogens is 325 g/mol. The highest BCUT2D eigenvalue weighted by molar-refractivity contribution is 9.09. The molecule has 0 spiro atoms. The van der Waals surface area contributed by atoms with Gasteiger partial charge < -0.3 is 10.4 Å². The number of halogens is 2. The molecule has 5 heteroatoms. The Hall–Kier alpha value is -1.88. The summed E-state index contributed by atoms with van der Waals surface area (Å²) in [6.45, 7) is 0.361. The molecular formula is C15H13BrFNO2. The molecule has 0 fully saturated rings. The number of rotatable bonds is 4. The minimum Gasteiger partial charge on any atom is -0.507 e. The molecule has 1 unspecified atom stereocenters. The minimum atomic E-state index is -0.582. The van der Waals surface area contributed by atoms with E-state index >= 15 is 0 Å². The van der Waals surface area contributed by atoms with Crippen molar-refractivity contribution < 1.29 is 14.3 Å². The first-order valence-electron chi connectivity index (χ1n) is 6.03. The van der Waals surface area contributed by atoms with Crippen LogP contribution in [-0.4, -0.2) is 17.6 Å². The number of alkyl halides is 1. The van der Waals surface area contributed by atoms with Crippen LogP contribution in [0.4, 0.5) is 4.39 Å². The lowest BCUT2D eigenvalue weighted by Gasteiger charge is -2.12. The lowest BCUT2D eigenvalue weighted by Crippen LogP contribution is -2.26. The van der Waals surface area contributed by atoms with Crippen molar-refractivity contribution in [3.8, 4) is 5.75 Å². The first-order valence-corrected chi connectivity index (χ1v) is 6.95. The monoisotopic (exact) mass is 337 g/mol. The Morgan fingerprint density at radius 1 is 1.25 bits per heavy atom. The fraction of sp³-hybridized carbons (Fsp3) is 0.133. The summed E-state index contributed by atoms with van der Waals surface area (Å²) in [6.07, 6.45) is 0. The van der Waals surface area contributed by atoms with Crippen LogP contribution < -0.4 is 5.32 Å². The van der Waals surface area contributed by atoms with Gasteiger partial charge in [-0.2, -0.15) is 0 Å². The molecule has 104 valence electrons. The molecule has 0 aliphatic rings. The van der Waals surface area contributed by atoms with Crippen LogP contribution in [0, 0.1) is 5.82 Å². The van der Waals surface area contributed by atoms with Crippen molar-refractivity contribution in [3.63, 3.8) is 0 Å². The summed E-state index contributed by atoms with van der Waals surface area (Å²) in [7, 11) is 0. The maximum absolute atomic E-state index is 12.8. The molecule has 0 radical (unpaired) electrons. The van der Waals surface area contributed by atoms with Crippen molar-refractivity contribution in [2.24, 2.45) is 0 Å². The molecule has 0 aliphatic heterocycles. The van der Waals surface area contributed by atoms with Crippen LogP contribution >= 0.6 is 15.9 Å². The van der Waals surface area contributed by atoms with Gasteiger partial charge in [-0.3, -0.25) is 4.79 Å². The van der Waals surface area contributed by atoms with Crippen LogP contribution in [0.2, 0.25) is 0 Å². The summed E-state index contributed by atoms with van der Waals surface area (Å²) in [4.78, 5) is 11.9. The second-order valence-electron chi connectivity index (χ2n) is 4.25. The molecule has 1 atom stereocenters. The van der Waals surface area contributed by atoms with Crippen LogP contribution in [0.3, 0.4) is 0 Å². The number of phenolic OH excluding ortho intramolecular Hbond substituents is 1. The second kappa shape index (κ2) is 6.52. The van der Waals surface area contributed by atoms with Gasteiger partial charge in [-0.05, 0) is 17.7 Å². The van der Waals surface area contributed by atoms with Gasteiger partial charge in [0.1, 0.15) is 11.6 Å². The molecule has 0 bridgehead atoms. The lowest BCUT2D eigenvalue weighted by atomic mass is 10.1. The molecule has 0 aliphatic carbocycles. The first kappa shape index (κ1) is 14.5. The Morgan fingerprint density at radius 3 is 2.60 bits per heavy atom. The normalized spacial score (nSPS) is 11.9. The maximum atomic E-state index is 12.8. The molecule has 3 nitrogen and oxygen atoms in total. The third-order valence-corrected chi connectivity index (χ3v) is 3.66. The van der Waals surface area contributed by atoms with E-state index in [9.17, 15) is 14.3 Å². The topological polar surface area (TPSA) is 49.3 Å². The standard InChI is InChI=1S/C15H13BrFNO2/c16-13(10-4-2-1-3-5-10)9-18-15(20)12-7-6-11(17)8-14(12)19/h1-8,13,19H,9H2,(H,18,20). The fourth-order valence-electron chi connectivity index (χ4n) is 1.75. The van der Waals surface area contributed by atoms with Gasteiger partial charge >= 0.3 is 0 Å². The molecule has 2 rings (SSSR count). The van der Waals surface area contributed by atoms with Gasteiger partial charge in [0.25, 0.3) is 5.91 Å². The van der Waals surface area contributed by atoms with E-state index in [2.05, 4.69) is 21.2 Å². The third-order valence-electron chi connectivity index (χ3n) is 2.81. The average Bonchev–Trinajstić information content (AvgIpc) is 2.45. The minimum absolute atomic E-state index is 0.0322. The van der Waals surface area contributed by atoms with Crippen molar-refractivity contribution in [3.05, 3.63) is 65.5 Å². The van der Waals surface area contributed by atoms with E-state index in [0.717, 1.165) is 17.7 Å². The van der Waals surface area contributed by atoms with Crippen LogP contribution in [0.5, 0.6) is 5.75 Å². The molecule has 2 aromatic rings. The summed E-state index contributed by atoms with van der Waals surface area (Å²) in [5.74, 6) is -1.39. The first-order chi connectivity index (χ1) is 9.58. The van der Waals surface area contributed by atoms with Crippen LogP contribution in [0.1, 0.15) is 20.7 Å². The predicted octanol–water partition coefficient (Wildman–Crippen LogP) is 3.40. The Morgan fingerprint density at radius 2 is 1.95 bits per heavy atom. The highest BCUT2D eigenvalue weighted by atomic mass is 79.9. The number of carbonyl (C=O) groups is 1.